The molecule has 0 atom stereocenters. The Bertz CT molecular complexity index is 1150. The molecule has 0 bridgehead atoms. The number of pyridine rings is 1. The van der Waals surface area contributed by atoms with Gasteiger partial charge in [0.05, 0.1) is 10.6 Å². The van der Waals surface area contributed by atoms with Crippen molar-refractivity contribution in [2.75, 3.05) is 14.1 Å². The lowest BCUT2D eigenvalue weighted by Crippen LogP contribution is -2.26. The third kappa shape index (κ3) is 4.09. The fourth-order valence-electron chi connectivity index (χ4n) is 2.63. The summed E-state index contributed by atoms with van der Waals surface area (Å²) in [6.07, 6.45) is 4.71. The average molecular weight is 419 g/mol. The van der Waals surface area contributed by atoms with Crippen LogP contribution < -0.4 is 5.32 Å². The minimum absolute atomic E-state index is 0.0767. The lowest BCUT2D eigenvalue weighted by Gasteiger charge is -2.15. The maximum Gasteiger partial charge on any atom is 0.244 e. The van der Waals surface area contributed by atoms with Crippen molar-refractivity contribution in [3.8, 4) is 0 Å². The number of imidazole rings is 1. The van der Waals surface area contributed by atoms with Gasteiger partial charge < -0.3 is 5.32 Å². The van der Waals surface area contributed by atoms with Crippen molar-refractivity contribution in [1.82, 2.24) is 19.0 Å². The van der Waals surface area contributed by atoms with Crippen LogP contribution in [0.4, 0.5) is 0 Å². The van der Waals surface area contributed by atoms with Gasteiger partial charge >= 0.3 is 0 Å². The zero-order valence-corrected chi connectivity index (χ0v) is 16.9. The van der Waals surface area contributed by atoms with Crippen molar-refractivity contribution >= 4 is 39.3 Å². The van der Waals surface area contributed by atoms with Crippen LogP contribution in [-0.4, -0.2) is 42.1 Å². The van der Waals surface area contributed by atoms with Gasteiger partial charge in [-0.05, 0) is 29.8 Å². The van der Waals surface area contributed by atoms with E-state index in [-0.39, 0.29) is 22.5 Å². The van der Waals surface area contributed by atoms with Crippen LogP contribution >= 0.6 is 11.6 Å². The standard InChI is InChI=1S/C19H19ClN4O3S/c1-23(2)28(26,27)16-8-4-3-7-14(16)13-21-18(25)11-10-15-19(20)22-17-9-5-6-12-24(15)17/h3-12H,13H2,1-2H3,(H,21,25)/b11-10+. The van der Waals surface area contributed by atoms with Gasteiger partial charge in [0.1, 0.15) is 5.65 Å². The summed E-state index contributed by atoms with van der Waals surface area (Å²) in [5.41, 5.74) is 1.77. The second-order valence-corrected chi connectivity index (χ2v) is 8.64. The summed E-state index contributed by atoms with van der Waals surface area (Å²) in [5.74, 6) is -0.376. The molecule has 0 unspecified atom stereocenters. The van der Waals surface area contributed by atoms with Crippen LogP contribution in [0.1, 0.15) is 11.3 Å². The van der Waals surface area contributed by atoms with Gasteiger partial charge in [-0.1, -0.05) is 35.9 Å². The van der Waals surface area contributed by atoms with Gasteiger partial charge in [-0.3, -0.25) is 9.20 Å². The van der Waals surface area contributed by atoms with Crippen molar-refractivity contribution < 1.29 is 13.2 Å². The normalized spacial score (nSPS) is 12.1. The third-order valence-electron chi connectivity index (χ3n) is 4.10. The molecule has 0 aliphatic carbocycles. The van der Waals surface area contributed by atoms with E-state index >= 15 is 0 Å². The summed E-state index contributed by atoms with van der Waals surface area (Å²) in [4.78, 5) is 16.6. The van der Waals surface area contributed by atoms with E-state index in [1.807, 2.05) is 18.2 Å². The number of nitrogens with zero attached hydrogens (tertiary/aromatic N) is 3. The highest BCUT2D eigenvalue weighted by atomic mass is 35.5. The fourth-order valence-corrected chi connectivity index (χ4v) is 3.99. The van der Waals surface area contributed by atoms with Crippen molar-refractivity contribution in [2.24, 2.45) is 0 Å². The predicted octanol–water partition coefficient (Wildman–Crippen LogP) is 2.57. The quantitative estimate of drug-likeness (QED) is 0.623. The summed E-state index contributed by atoms with van der Waals surface area (Å²) in [6.45, 7) is 0.0767. The Morgan fingerprint density at radius 1 is 1.21 bits per heavy atom. The second-order valence-electron chi connectivity index (χ2n) is 6.16. The molecule has 3 rings (SSSR count). The van der Waals surface area contributed by atoms with Crippen molar-refractivity contribution in [3.63, 3.8) is 0 Å². The summed E-state index contributed by atoms with van der Waals surface area (Å²) in [7, 11) is -0.667. The third-order valence-corrected chi connectivity index (χ3v) is 6.29. The molecule has 9 heteroatoms. The summed E-state index contributed by atoms with van der Waals surface area (Å²) >= 11 is 6.14. The number of nitrogens with one attached hydrogen (secondary N) is 1. The lowest BCUT2D eigenvalue weighted by molar-refractivity contribution is -0.116. The number of carbonyl (C=O) groups is 1. The minimum atomic E-state index is -3.60. The first-order chi connectivity index (χ1) is 13.3. The van der Waals surface area contributed by atoms with E-state index in [1.54, 1.807) is 34.9 Å². The summed E-state index contributed by atoms with van der Waals surface area (Å²) in [5, 5.41) is 2.99. The number of carbonyl (C=O) groups excluding carboxylic acids is 1. The SMILES string of the molecule is CN(C)S(=O)(=O)c1ccccc1CNC(=O)/C=C/c1c(Cl)nc2ccccn12. The molecule has 146 valence electrons. The first-order valence-electron chi connectivity index (χ1n) is 8.39. The van der Waals surface area contributed by atoms with Crippen molar-refractivity contribution in [2.45, 2.75) is 11.4 Å². The van der Waals surface area contributed by atoms with Gasteiger partial charge in [0.15, 0.2) is 5.15 Å². The number of hydrogen-bond acceptors (Lipinski definition) is 4. The molecular weight excluding hydrogens is 400 g/mol. The molecule has 3 aromatic rings. The molecule has 0 saturated heterocycles. The Morgan fingerprint density at radius 3 is 2.68 bits per heavy atom. The lowest BCUT2D eigenvalue weighted by atomic mass is 10.2. The van der Waals surface area contributed by atoms with E-state index in [4.69, 9.17) is 11.6 Å². The molecule has 0 spiro atoms. The summed E-state index contributed by atoms with van der Waals surface area (Å²) in [6, 6.07) is 12.1. The number of fused-ring (bicyclic) bond motifs is 1. The molecule has 28 heavy (non-hydrogen) atoms. The number of sulfonamides is 1. The molecule has 1 N–H and O–H groups in total. The maximum absolute atomic E-state index is 12.4. The van der Waals surface area contributed by atoms with E-state index < -0.39 is 10.0 Å². The fraction of sp³-hybridized carbons (Fsp3) is 0.158. The predicted molar refractivity (Wildman–Crippen MR) is 108 cm³/mol. The Morgan fingerprint density at radius 2 is 1.93 bits per heavy atom. The van der Waals surface area contributed by atoms with Crippen LogP contribution in [-0.2, 0) is 21.4 Å². The average Bonchev–Trinajstić information content (AvgIpc) is 2.99. The molecule has 2 heterocycles. The van der Waals surface area contributed by atoms with Gasteiger partial charge in [0, 0.05) is 32.9 Å². The van der Waals surface area contributed by atoms with Crippen LogP contribution in [0, 0.1) is 0 Å². The molecule has 0 radical (unpaired) electrons. The van der Waals surface area contributed by atoms with E-state index in [1.165, 1.54) is 26.2 Å². The van der Waals surface area contributed by atoms with Crippen molar-refractivity contribution in [3.05, 3.63) is 71.1 Å². The zero-order chi connectivity index (χ0) is 20.3. The molecular formula is C19H19ClN4O3S. The van der Waals surface area contributed by atoms with Crippen LogP contribution in [0.25, 0.3) is 11.7 Å². The topological polar surface area (TPSA) is 83.8 Å². The number of rotatable bonds is 6. The molecule has 2 aromatic heterocycles. The zero-order valence-electron chi connectivity index (χ0n) is 15.3. The van der Waals surface area contributed by atoms with E-state index in [0.29, 0.717) is 16.9 Å². The largest absolute Gasteiger partial charge is 0.348 e. The Labute approximate surface area is 168 Å². The van der Waals surface area contributed by atoms with Crippen LogP contribution in [0.5, 0.6) is 0 Å². The highest BCUT2D eigenvalue weighted by Gasteiger charge is 2.20. The van der Waals surface area contributed by atoms with Gasteiger partial charge in [-0.15, -0.1) is 0 Å². The van der Waals surface area contributed by atoms with Gasteiger partial charge in [0.2, 0.25) is 15.9 Å². The number of halogens is 1. The van der Waals surface area contributed by atoms with E-state index in [2.05, 4.69) is 10.3 Å². The Balaban J connectivity index is 1.75. The molecule has 7 nitrogen and oxygen atoms in total. The molecule has 0 aliphatic rings. The molecule has 1 aromatic carbocycles. The van der Waals surface area contributed by atoms with Crippen LogP contribution in [0.3, 0.4) is 0 Å². The monoisotopic (exact) mass is 418 g/mol. The first kappa shape index (κ1) is 20.1. The first-order valence-corrected chi connectivity index (χ1v) is 10.2. The highest BCUT2D eigenvalue weighted by molar-refractivity contribution is 7.89. The van der Waals surface area contributed by atoms with Crippen molar-refractivity contribution in [1.29, 1.82) is 0 Å². The van der Waals surface area contributed by atoms with E-state index in [9.17, 15) is 13.2 Å². The molecule has 0 saturated carbocycles. The van der Waals surface area contributed by atoms with Crippen LogP contribution in [0.15, 0.2) is 59.6 Å². The van der Waals surface area contributed by atoms with Gasteiger partial charge in [-0.2, -0.15) is 0 Å². The number of aromatic nitrogens is 2. The Kier molecular flexibility index (Phi) is 5.83. The van der Waals surface area contributed by atoms with Crippen LogP contribution in [0.2, 0.25) is 5.15 Å². The maximum atomic E-state index is 12.4. The number of amides is 1. The second kappa shape index (κ2) is 8.14. The Hall–Kier alpha value is -2.68. The molecule has 0 aliphatic heterocycles. The van der Waals surface area contributed by atoms with Gasteiger partial charge in [-0.25, -0.2) is 17.7 Å². The highest BCUT2D eigenvalue weighted by Crippen LogP contribution is 2.20. The molecule has 1 amide bonds. The van der Waals surface area contributed by atoms with Gasteiger partial charge in [0.25, 0.3) is 0 Å². The summed E-state index contributed by atoms with van der Waals surface area (Å²) < 4.78 is 27.7. The smallest absolute Gasteiger partial charge is 0.244 e. The number of benzene rings is 1. The number of hydrogen-bond donors (Lipinski definition) is 1. The minimum Gasteiger partial charge on any atom is -0.348 e. The van der Waals surface area contributed by atoms with E-state index in [0.717, 1.165) is 4.31 Å². The molecule has 0 fully saturated rings.